The molecular weight excluding hydrogens is 535 g/mol. The quantitative estimate of drug-likeness (QED) is 0.249. The summed E-state index contributed by atoms with van der Waals surface area (Å²) in [5, 5.41) is 15.3. The van der Waals surface area contributed by atoms with Crippen LogP contribution in [-0.2, 0) is 4.79 Å². The number of nitrogens with one attached hydrogen (secondary N) is 1. The predicted octanol–water partition coefficient (Wildman–Crippen LogP) is 4.83. The standard InChI is InChI=1S/C30H26ClFN4O4/c31-24-17-20(9-11-27(24)37)30(39)34-33-18-21-10-12-28(23-6-2-1-5-22(21)23)40-19-29(38)36-15-13-35(14-16-36)26-8-4-3-7-25(26)32/h1-12,17-18,37H,13-16,19H2,(H,34,39). The molecule has 5 rings (SSSR count). The molecule has 0 bridgehead atoms. The van der Waals surface area contributed by atoms with Crippen LogP contribution in [0.25, 0.3) is 10.8 Å². The molecule has 0 aliphatic carbocycles. The van der Waals surface area contributed by atoms with Crippen molar-refractivity contribution in [1.29, 1.82) is 0 Å². The van der Waals surface area contributed by atoms with E-state index >= 15 is 0 Å². The van der Waals surface area contributed by atoms with Crippen LogP contribution in [0.5, 0.6) is 11.5 Å². The second-order valence-corrected chi connectivity index (χ2v) is 9.58. The first-order valence-corrected chi connectivity index (χ1v) is 13.0. The molecule has 0 atom stereocenters. The Hall–Kier alpha value is -4.63. The number of benzene rings is 4. The minimum atomic E-state index is -0.476. The zero-order valence-corrected chi connectivity index (χ0v) is 22.1. The van der Waals surface area contributed by atoms with Gasteiger partial charge in [0.15, 0.2) is 6.61 Å². The predicted molar refractivity (Wildman–Crippen MR) is 153 cm³/mol. The number of amides is 2. The average Bonchev–Trinajstić information content (AvgIpc) is 2.98. The molecule has 8 nitrogen and oxygen atoms in total. The fourth-order valence-corrected chi connectivity index (χ4v) is 4.72. The highest BCUT2D eigenvalue weighted by molar-refractivity contribution is 6.32. The molecule has 2 amide bonds. The molecule has 1 aliphatic heterocycles. The molecule has 40 heavy (non-hydrogen) atoms. The lowest BCUT2D eigenvalue weighted by molar-refractivity contribution is -0.133. The highest BCUT2D eigenvalue weighted by Gasteiger charge is 2.23. The van der Waals surface area contributed by atoms with Crippen molar-refractivity contribution in [2.45, 2.75) is 0 Å². The molecule has 0 spiro atoms. The van der Waals surface area contributed by atoms with Gasteiger partial charge in [0.2, 0.25) is 0 Å². The Balaban J connectivity index is 1.20. The van der Waals surface area contributed by atoms with Crippen molar-refractivity contribution >= 4 is 46.1 Å². The maximum Gasteiger partial charge on any atom is 0.271 e. The van der Waals surface area contributed by atoms with Gasteiger partial charge in [-0.3, -0.25) is 9.59 Å². The molecular formula is C30H26ClFN4O4. The number of hydrogen-bond acceptors (Lipinski definition) is 6. The van der Waals surface area contributed by atoms with Crippen molar-refractivity contribution in [2.75, 3.05) is 37.7 Å². The molecule has 2 N–H and O–H groups in total. The Morgan fingerprint density at radius 2 is 1.70 bits per heavy atom. The molecule has 1 saturated heterocycles. The van der Waals surface area contributed by atoms with Gasteiger partial charge < -0.3 is 19.6 Å². The molecule has 1 aliphatic rings. The number of rotatable bonds is 7. The molecule has 0 saturated carbocycles. The van der Waals surface area contributed by atoms with Crippen LogP contribution in [0.4, 0.5) is 10.1 Å². The number of aromatic hydroxyl groups is 1. The molecule has 204 valence electrons. The lowest BCUT2D eigenvalue weighted by atomic mass is 10.0. The van der Waals surface area contributed by atoms with Gasteiger partial charge in [-0.1, -0.05) is 48.0 Å². The van der Waals surface area contributed by atoms with E-state index in [1.165, 1.54) is 30.5 Å². The van der Waals surface area contributed by atoms with E-state index in [-0.39, 0.29) is 34.7 Å². The van der Waals surface area contributed by atoms with E-state index in [2.05, 4.69) is 10.5 Å². The van der Waals surface area contributed by atoms with E-state index in [4.69, 9.17) is 16.3 Å². The summed E-state index contributed by atoms with van der Waals surface area (Å²) in [6.07, 6.45) is 1.52. The molecule has 0 aromatic heterocycles. The summed E-state index contributed by atoms with van der Waals surface area (Å²) in [7, 11) is 0. The Morgan fingerprint density at radius 3 is 2.45 bits per heavy atom. The van der Waals surface area contributed by atoms with Gasteiger partial charge in [-0.15, -0.1) is 0 Å². The Labute approximate surface area is 235 Å². The van der Waals surface area contributed by atoms with Gasteiger partial charge in [0.1, 0.15) is 17.3 Å². The molecule has 0 unspecified atom stereocenters. The van der Waals surface area contributed by atoms with E-state index in [9.17, 15) is 19.1 Å². The lowest BCUT2D eigenvalue weighted by Crippen LogP contribution is -2.50. The van der Waals surface area contributed by atoms with Crippen molar-refractivity contribution in [2.24, 2.45) is 5.10 Å². The van der Waals surface area contributed by atoms with Crippen molar-refractivity contribution < 1.29 is 23.8 Å². The maximum absolute atomic E-state index is 14.1. The van der Waals surface area contributed by atoms with Crippen LogP contribution in [0.15, 0.2) is 84.0 Å². The van der Waals surface area contributed by atoms with E-state index in [0.717, 1.165) is 16.3 Å². The van der Waals surface area contributed by atoms with Crippen LogP contribution < -0.4 is 15.1 Å². The molecule has 4 aromatic carbocycles. The van der Waals surface area contributed by atoms with Crippen molar-refractivity contribution in [3.05, 3.63) is 101 Å². The lowest BCUT2D eigenvalue weighted by Gasteiger charge is -2.36. The van der Waals surface area contributed by atoms with Crippen molar-refractivity contribution in [3.8, 4) is 11.5 Å². The highest BCUT2D eigenvalue weighted by Crippen LogP contribution is 2.28. The number of nitrogens with zero attached hydrogens (tertiary/aromatic N) is 3. The van der Waals surface area contributed by atoms with Gasteiger partial charge >= 0.3 is 0 Å². The number of carbonyl (C=O) groups is 2. The van der Waals surface area contributed by atoms with Gasteiger partial charge in [0.25, 0.3) is 11.8 Å². The summed E-state index contributed by atoms with van der Waals surface area (Å²) in [5.74, 6) is -0.445. The summed E-state index contributed by atoms with van der Waals surface area (Å²) in [6, 6.07) is 21.9. The van der Waals surface area contributed by atoms with Crippen LogP contribution in [-0.4, -0.2) is 60.8 Å². The first kappa shape index (κ1) is 27.0. The third kappa shape index (κ3) is 6.00. The number of fused-ring (bicyclic) bond motifs is 1. The number of hydrazone groups is 1. The Kier molecular flexibility index (Phi) is 8.12. The third-order valence-electron chi connectivity index (χ3n) is 6.67. The number of hydrogen-bond donors (Lipinski definition) is 2. The minimum absolute atomic E-state index is 0.0709. The van der Waals surface area contributed by atoms with Crippen LogP contribution in [0, 0.1) is 5.82 Å². The first-order chi connectivity index (χ1) is 19.4. The van der Waals surface area contributed by atoms with Gasteiger partial charge in [-0.25, -0.2) is 9.82 Å². The third-order valence-corrected chi connectivity index (χ3v) is 6.98. The first-order valence-electron chi connectivity index (χ1n) is 12.6. The number of para-hydroxylation sites is 1. The second-order valence-electron chi connectivity index (χ2n) is 9.17. The van der Waals surface area contributed by atoms with Crippen molar-refractivity contribution in [1.82, 2.24) is 10.3 Å². The number of phenolic OH excluding ortho intramolecular Hbond substituents is 1. The van der Waals surface area contributed by atoms with E-state index in [1.807, 2.05) is 29.2 Å². The van der Waals surface area contributed by atoms with Crippen LogP contribution in [0.1, 0.15) is 15.9 Å². The summed E-state index contributed by atoms with van der Waals surface area (Å²) in [6.45, 7) is 1.92. The Morgan fingerprint density at radius 1 is 0.975 bits per heavy atom. The summed E-state index contributed by atoms with van der Waals surface area (Å²) in [4.78, 5) is 28.9. The topological polar surface area (TPSA) is 94.5 Å². The van der Waals surface area contributed by atoms with Gasteiger partial charge in [-0.05, 0) is 47.9 Å². The zero-order chi connectivity index (χ0) is 28.1. The number of carbonyl (C=O) groups excluding carboxylic acids is 2. The molecule has 0 radical (unpaired) electrons. The SMILES string of the molecule is O=C(NN=Cc1ccc(OCC(=O)N2CCN(c3ccccc3F)CC2)c2ccccc12)c1ccc(O)c(Cl)c1. The van der Waals surface area contributed by atoms with E-state index < -0.39 is 5.91 Å². The molecule has 1 fully saturated rings. The summed E-state index contributed by atoms with van der Waals surface area (Å²) in [5.41, 5.74) is 3.99. The fourth-order valence-electron chi connectivity index (χ4n) is 4.54. The summed E-state index contributed by atoms with van der Waals surface area (Å²) < 4.78 is 20.0. The number of phenols is 1. The van der Waals surface area contributed by atoms with E-state index in [0.29, 0.717) is 37.6 Å². The largest absolute Gasteiger partial charge is 0.506 e. The second kappa shape index (κ2) is 12.0. The highest BCUT2D eigenvalue weighted by atomic mass is 35.5. The summed E-state index contributed by atoms with van der Waals surface area (Å²) >= 11 is 5.87. The molecule has 4 aromatic rings. The van der Waals surface area contributed by atoms with Crippen molar-refractivity contribution in [3.63, 3.8) is 0 Å². The van der Waals surface area contributed by atoms with Crippen LogP contribution >= 0.6 is 11.6 Å². The molecule has 10 heteroatoms. The number of piperazine rings is 1. The van der Waals surface area contributed by atoms with Crippen LogP contribution in [0.3, 0.4) is 0 Å². The molecule has 1 heterocycles. The number of ether oxygens (including phenoxy) is 1. The smallest absolute Gasteiger partial charge is 0.271 e. The fraction of sp³-hybridized carbons (Fsp3) is 0.167. The zero-order valence-electron chi connectivity index (χ0n) is 21.4. The monoisotopic (exact) mass is 560 g/mol. The maximum atomic E-state index is 14.1. The van der Waals surface area contributed by atoms with Crippen LogP contribution in [0.2, 0.25) is 5.02 Å². The van der Waals surface area contributed by atoms with E-state index in [1.54, 1.807) is 35.2 Å². The van der Waals surface area contributed by atoms with Gasteiger partial charge in [0.05, 0.1) is 16.9 Å². The van der Waals surface area contributed by atoms with Gasteiger partial charge in [0, 0.05) is 42.7 Å². The number of anilines is 1. The Bertz CT molecular complexity index is 1590. The minimum Gasteiger partial charge on any atom is -0.506 e. The normalized spacial score (nSPS) is 13.6. The average molecular weight is 561 g/mol. The number of halogens is 2. The van der Waals surface area contributed by atoms with Gasteiger partial charge in [-0.2, -0.15) is 5.10 Å².